The number of rotatable bonds is 1. The van der Waals surface area contributed by atoms with Gasteiger partial charge in [0.25, 0.3) is 0 Å². The van der Waals surface area contributed by atoms with Gasteiger partial charge in [-0.15, -0.1) is 0 Å². The zero-order chi connectivity index (χ0) is 13.6. The van der Waals surface area contributed by atoms with Gasteiger partial charge in [-0.05, 0) is 30.4 Å². The monoisotopic (exact) mass is 297 g/mol. The molecular formula is C12H6ClF2N3S. The zero-order valence-corrected chi connectivity index (χ0v) is 10.9. The molecule has 1 aromatic carbocycles. The number of halogens is 3. The lowest BCUT2D eigenvalue weighted by molar-refractivity contribution is 0.578. The lowest BCUT2D eigenvalue weighted by Crippen LogP contribution is -1.99. The predicted octanol–water partition coefficient (Wildman–Crippen LogP) is 4.01. The highest BCUT2D eigenvalue weighted by atomic mass is 35.5. The zero-order valence-electron chi connectivity index (χ0n) is 9.32. The number of hydrogen-bond acceptors (Lipinski definition) is 2. The van der Waals surface area contributed by atoms with Gasteiger partial charge in [-0.1, -0.05) is 11.6 Å². The van der Waals surface area contributed by atoms with Crippen LogP contribution < -0.4 is 0 Å². The normalized spacial score (nSPS) is 11.1. The van der Waals surface area contributed by atoms with Crippen molar-refractivity contribution in [2.24, 2.45) is 0 Å². The lowest BCUT2D eigenvalue weighted by atomic mass is 10.3. The third-order valence-corrected chi connectivity index (χ3v) is 3.13. The number of fused-ring (bicyclic) bond motifs is 1. The fraction of sp³-hybridized carbons (Fsp3) is 0. The topological polar surface area (TPSA) is 33.6 Å². The summed E-state index contributed by atoms with van der Waals surface area (Å²) in [6.45, 7) is 0. The number of imidazole rings is 1. The molecule has 0 aliphatic rings. The fourth-order valence-corrected chi connectivity index (χ4v) is 2.31. The van der Waals surface area contributed by atoms with E-state index in [0.717, 1.165) is 12.1 Å². The van der Waals surface area contributed by atoms with Crippen LogP contribution in [0.1, 0.15) is 0 Å². The van der Waals surface area contributed by atoms with Gasteiger partial charge in [-0.2, -0.15) is 0 Å². The van der Waals surface area contributed by atoms with Crippen LogP contribution in [0.5, 0.6) is 0 Å². The number of H-pyrrole nitrogens is 1. The molecule has 96 valence electrons. The minimum absolute atomic E-state index is 0.132. The summed E-state index contributed by atoms with van der Waals surface area (Å²) in [5.74, 6) is -1.36. The largest absolute Gasteiger partial charge is 0.329 e. The Morgan fingerprint density at radius 3 is 2.79 bits per heavy atom. The molecule has 0 saturated heterocycles. The Kier molecular flexibility index (Phi) is 2.83. The average molecular weight is 298 g/mol. The maximum atomic E-state index is 13.8. The quantitative estimate of drug-likeness (QED) is 0.688. The molecule has 0 spiro atoms. The van der Waals surface area contributed by atoms with E-state index in [2.05, 4.69) is 9.97 Å². The van der Waals surface area contributed by atoms with E-state index in [1.54, 1.807) is 6.07 Å². The number of benzene rings is 1. The van der Waals surface area contributed by atoms with Crippen molar-refractivity contribution in [1.82, 2.24) is 14.5 Å². The summed E-state index contributed by atoms with van der Waals surface area (Å²) in [7, 11) is 0. The predicted molar refractivity (Wildman–Crippen MR) is 71.2 cm³/mol. The van der Waals surface area contributed by atoms with E-state index in [-0.39, 0.29) is 10.5 Å². The van der Waals surface area contributed by atoms with Gasteiger partial charge in [-0.25, -0.2) is 13.8 Å². The van der Waals surface area contributed by atoms with Crippen LogP contribution in [0.3, 0.4) is 0 Å². The first-order chi connectivity index (χ1) is 9.06. The molecule has 2 aromatic heterocycles. The third-order valence-electron chi connectivity index (χ3n) is 2.64. The summed E-state index contributed by atoms with van der Waals surface area (Å²) >= 11 is 11.0. The van der Waals surface area contributed by atoms with Crippen molar-refractivity contribution in [2.75, 3.05) is 0 Å². The first-order valence-corrected chi connectivity index (χ1v) is 6.06. The molecule has 0 atom stereocenters. The van der Waals surface area contributed by atoms with Crippen molar-refractivity contribution in [3.05, 3.63) is 51.9 Å². The van der Waals surface area contributed by atoms with Crippen LogP contribution in [0.15, 0.2) is 30.5 Å². The van der Waals surface area contributed by atoms with E-state index in [4.69, 9.17) is 23.8 Å². The minimum atomic E-state index is -0.714. The van der Waals surface area contributed by atoms with Crippen molar-refractivity contribution in [1.29, 1.82) is 0 Å². The standard InChI is InChI=1S/C12H6ClF2N3S/c13-6-3-9-11(16-5-6)18(12(19)17-9)10-2-1-7(14)4-8(10)15/h1-5H,(H,17,19). The van der Waals surface area contributed by atoms with E-state index in [1.807, 2.05) is 0 Å². The molecule has 7 heteroatoms. The van der Waals surface area contributed by atoms with Crippen LogP contribution in [-0.2, 0) is 0 Å². The van der Waals surface area contributed by atoms with Crippen LogP contribution in [0.4, 0.5) is 8.78 Å². The second-order valence-corrected chi connectivity index (χ2v) is 4.71. The number of aromatic nitrogens is 3. The highest BCUT2D eigenvalue weighted by molar-refractivity contribution is 7.71. The summed E-state index contributed by atoms with van der Waals surface area (Å²) in [4.78, 5) is 6.99. The molecule has 3 rings (SSSR count). The second-order valence-electron chi connectivity index (χ2n) is 3.89. The van der Waals surface area contributed by atoms with Gasteiger partial charge in [0.1, 0.15) is 11.6 Å². The molecule has 0 bridgehead atoms. The van der Waals surface area contributed by atoms with E-state index in [0.29, 0.717) is 16.2 Å². The molecule has 3 aromatic rings. The number of hydrogen-bond donors (Lipinski definition) is 1. The Balaban J connectivity index is 2.36. The molecule has 0 saturated carbocycles. The first-order valence-electron chi connectivity index (χ1n) is 5.28. The Hall–Kier alpha value is -1.79. The van der Waals surface area contributed by atoms with Crippen LogP contribution in [-0.4, -0.2) is 14.5 Å². The Bertz CT molecular complexity index is 841. The van der Waals surface area contributed by atoms with Crippen molar-refractivity contribution in [3.63, 3.8) is 0 Å². The van der Waals surface area contributed by atoms with Crippen molar-refractivity contribution >= 4 is 35.0 Å². The van der Waals surface area contributed by atoms with Gasteiger partial charge in [0.05, 0.1) is 16.2 Å². The minimum Gasteiger partial charge on any atom is -0.329 e. The summed E-state index contributed by atoms with van der Waals surface area (Å²) in [5, 5.41) is 0.440. The number of nitrogens with one attached hydrogen (secondary N) is 1. The van der Waals surface area contributed by atoms with Gasteiger partial charge < -0.3 is 4.98 Å². The third kappa shape index (κ3) is 2.02. The Labute approximate surface area is 116 Å². The molecule has 1 N–H and O–H groups in total. The summed E-state index contributed by atoms with van der Waals surface area (Å²) < 4.78 is 28.4. The Morgan fingerprint density at radius 2 is 2.05 bits per heavy atom. The van der Waals surface area contributed by atoms with Gasteiger partial charge in [0.2, 0.25) is 0 Å². The summed E-state index contributed by atoms with van der Waals surface area (Å²) in [5.41, 5.74) is 1.15. The smallest absolute Gasteiger partial charge is 0.184 e. The second kappa shape index (κ2) is 4.40. The van der Waals surface area contributed by atoms with E-state index >= 15 is 0 Å². The summed E-state index contributed by atoms with van der Waals surface area (Å²) in [6.07, 6.45) is 1.43. The van der Waals surface area contributed by atoms with Crippen LogP contribution >= 0.6 is 23.8 Å². The highest BCUT2D eigenvalue weighted by Crippen LogP contribution is 2.22. The molecule has 19 heavy (non-hydrogen) atoms. The number of aromatic amines is 1. The van der Waals surface area contributed by atoms with Gasteiger partial charge in [0.15, 0.2) is 10.4 Å². The van der Waals surface area contributed by atoms with Gasteiger partial charge in [0, 0.05) is 12.3 Å². The number of pyridine rings is 1. The van der Waals surface area contributed by atoms with E-state index < -0.39 is 11.6 Å². The molecular weight excluding hydrogens is 292 g/mol. The van der Waals surface area contributed by atoms with E-state index in [9.17, 15) is 8.78 Å². The van der Waals surface area contributed by atoms with E-state index in [1.165, 1.54) is 16.8 Å². The van der Waals surface area contributed by atoms with Gasteiger partial charge in [-0.3, -0.25) is 4.57 Å². The Morgan fingerprint density at radius 1 is 1.26 bits per heavy atom. The lowest BCUT2D eigenvalue weighted by Gasteiger charge is -2.05. The molecule has 0 amide bonds. The number of nitrogens with zero attached hydrogens (tertiary/aromatic N) is 2. The molecule has 3 nitrogen and oxygen atoms in total. The SMILES string of the molecule is Fc1ccc(-n2c(=S)[nH]c3cc(Cl)cnc32)c(F)c1. The van der Waals surface area contributed by atoms with Crippen LogP contribution in [0.25, 0.3) is 16.9 Å². The molecule has 2 heterocycles. The molecule has 0 aliphatic heterocycles. The van der Waals surface area contributed by atoms with Crippen molar-refractivity contribution < 1.29 is 8.78 Å². The molecule has 0 radical (unpaired) electrons. The van der Waals surface area contributed by atoms with Crippen LogP contribution in [0.2, 0.25) is 5.02 Å². The van der Waals surface area contributed by atoms with Crippen molar-refractivity contribution in [3.8, 4) is 5.69 Å². The molecule has 0 unspecified atom stereocenters. The average Bonchev–Trinajstić information content (AvgIpc) is 2.65. The maximum absolute atomic E-state index is 13.8. The first kappa shape index (κ1) is 12.3. The maximum Gasteiger partial charge on any atom is 0.184 e. The summed E-state index contributed by atoms with van der Waals surface area (Å²) in [6, 6.07) is 4.91. The van der Waals surface area contributed by atoms with Crippen molar-refractivity contribution in [2.45, 2.75) is 0 Å². The fourth-order valence-electron chi connectivity index (χ4n) is 1.86. The molecule has 0 aliphatic carbocycles. The van der Waals surface area contributed by atoms with Crippen LogP contribution in [0, 0.1) is 16.4 Å². The van der Waals surface area contributed by atoms with Gasteiger partial charge >= 0.3 is 0 Å². The highest BCUT2D eigenvalue weighted by Gasteiger charge is 2.12. The molecule has 0 fully saturated rings.